The first-order chi connectivity index (χ1) is 51.2. The lowest BCUT2D eigenvalue weighted by Crippen LogP contribution is -2.14. The zero-order valence-electron chi connectivity index (χ0n) is 59.9. The van der Waals surface area contributed by atoms with E-state index in [9.17, 15) is 28.0 Å². The smallest absolute Gasteiger partial charge is 0.251 e. The molecular formula is C70H71F3N30O4. The molecule has 34 nitrogen and oxygen atoms in total. The fourth-order valence-electron chi connectivity index (χ4n) is 12.6. The predicted octanol–water partition coefficient (Wildman–Crippen LogP) is 8.29. The second kappa shape index (κ2) is 28.3. The highest BCUT2D eigenvalue weighted by atomic mass is 19.1. The average molecular weight is 1450 g/mol. The van der Waals surface area contributed by atoms with Crippen molar-refractivity contribution in [3.8, 4) is 91.4 Å². The fourth-order valence-corrected chi connectivity index (χ4v) is 12.6. The number of benzene rings is 3. The van der Waals surface area contributed by atoms with Crippen molar-refractivity contribution < 1.29 is 32.3 Å². The number of carbonyl (C=O) groups excluding carboxylic acids is 4. The van der Waals surface area contributed by atoms with Gasteiger partial charge >= 0.3 is 0 Å². The van der Waals surface area contributed by atoms with Gasteiger partial charge in [0.2, 0.25) is 17.7 Å². The van der Waals surface area contributed by atoms with Crippen LogP contribution in [0.5, 0.6) is 0 Å². The minimum absolute atomic E-state index is 0.0798. The molecule has 4 amide bonds. The van der Waals surface area contributed by atoms with E-state index in [4.69, 9.17) is 22.9 Å². The molecule has 0 bridgehead atoms. The highest BCUT2D eigenvalue weighted by molar-refractivity contribution is 6.05. The van der Waals surface area contributed by atoms with E-state index in [0.29, 0.717) is 110 Å². The van der Waals surface area contributed by atoms with Crippen molar-refractivity contribution in [3.05, 3.63) is 160 Å². The van der Waals surface area contributed by atoms with Crippen molar-refractivity contribution in [2.75, 3.05) is 0 Å². The minimum Gasteiger partial charge on any atom is -0.366 e. The molecule has 107 heavy (non-hydrogen) atoms. The van der Waals surface area contributed by atoms with Crippen LogP contribution in [0.3, 0.4) is 0 Å². The number of nitrogens with zero attached hydrogens (tertiary/aromatic N) is 22. The summed E-state index contributed by atoms with van der Waals surface area (Å²) in [7, 11) is 5.30. The van der Waals surface area contributed by atoms with Crippen LogP contribution in [0, 0.1) is 52.1 Å². The molecule has 16 aromatic rings. The number of nitrogens with two attached hydrogens (primary N) is 4. The number of primary amides is 4. The molecule has 546 valence electrons. The Labute approximate surface area is 604 Å². The molecule has 0 saturated carbocycles. The molecule has 0 atom stereocenters. The van der Waals surface area contributed by atoms with Crippen LogP contribution in [0.4, 0.5) is 13.2 Å². The number of H-pyrrole nitrogens is 4. The quantitative estimate of drug-likeness (QED) is 0.0451. The van der Waals surface area contributed by atoms with E-state index < -0.39 is 35.3 Å². The predicted molar refractivity (Wildman–Crippen MR) is 388 cm³/mol. The van der Waals surface area contributed by atoms with Crippen molar-refractivity contribution in [1.82, 2.24) is 128 Å². The Bertz CT molecular complexity index is 5980. The number of pyridine rings is 1. The topological polar surface area (TPSA) is 455 Å². The third-order valence-corrected chi connectivity index (χ3v) is 17.9. The van der Waals surface area contributed by atoms with Gasteiger partial charge in [0.25, 0.3) is 5.91 Å². The molecule has 0 aliphatic carbocycles. The molecule has 37 heteroatoms. The van der Waals surface area contributed by atoms with Crippen molar-refractivity contribution >= 4 is 61.9 Å². The van der Waals surface area contributed by atoms with Crippen molar-refractivity contribution in [2.24, 2.45) is 44.1 Å². The zero-order chi connectivity index (χ0) is 76.3. The lowest BCUT2D eigenvalue weighted by molar-refractivity contribution is 0.0989. The number of halogens is 3. The SMILES string of the molecule is CCn1nc(C)c(F)c1-c1cnc(-c2cc(C(N)=O)cc3c2cnn3C)[nH]1.CCn1nc(C)c(F)c1-c1nc(-c2cc(C(N)=O)cn3c(C)ncc23)n[nH]1.CCn1nc(C)cc1-c1cnc(-c2cc(C(N)=O)cc3c2cnn3C)[nH]1.CCn1nc(C)cc1-c1nc(-c2c(F)c(C(N)=O)cc3c2cnn3C)n[nH]1. The van der Waals surface area contributed by atoms with Gasteiger partial charge in [-0.25, -0.2) is 38.1 Å². The molecule has 3 aromatic carbocycles. The second-order valence-electron chi connectivity index (χ2n) is 24.8. The van der Waals surface area contributed by atoms with E-state index in [-0.39, 0.29) is 40.0 Å². The summed E-state index contributed by atoms with van der Waals surface area (Å²) in [5.74, 6) is -1.11. The highest BCUT2D eigenvalue weighted by Gasteiger charge is 2.27. The largest absolute Gasteiger partial charge is 0.366 e. The Morgan fingerprint density at radius 3 is 1.46 bits per heavy atom. The van der Waals surface area contributed by atoms with Gasteiger partial charge in [-0.05, 0) is 111 Å². The summed E-state index contributed by atoms with van der Waals surface area (Å²) < 4.78 is 57.5. The molecule has 0 unspecified atom stereocenters. The zero-order valence-corrected chi connectivity index (χ0v) is 59.9. The van der Waals surface area contributed by atoms with Crippen molar-refractivity contribution in [1.29, 1.82) is 0 Å². The number of hydrogen-bond acceptors (Lipinski definition) is 18. The van der Waals surface area contributed by atoms with Gasteiger partial charge in [-0.3, -0.25) is 62.1 Å². The van der Waals surface area contributed by atoms with E-state index in [1.165, 1.54) is 21.6 Å². The summed E-state index contributed by atoms with van der Waals surface area (Å²) in [5, 5.41) is 46.0. The van der Waals surface area contributed by atoms with Gasteiger partial charge in [-0.2, -0.15) is 45.9 Å². The molecule has 0 aliphatic rings. The first kappa shape index (κ1) is 71.4. The Balaban J connectivity index is 0.000000126. The summed E-state index contributed by atoms with van der Waals surface area (Å²) in [6, 6.07) is 13.7. The summed E-state index contributed by atoms with van der Waals surface area (Å²) in [6.45, 7) is 19.0. The number of aromatic nitrogens is 26. The van der Waals surface area contributed by atoms with Crippen LogP contribution < -0.4 is 22.9 Å². The molecule has 0 fully saturated rings. The summed E-state index contributed by atoms with van der Waals surface area (Å²) >= 11 is 0. The van der Waals surface area contributed by atoms with Gasteiger partial charge in [0, 0.05) is 97.5 Å². The van der Waals surface area contributed by atoms with Crippen molar-refractivity contribution in [3.63, 3.8) is 0 Å². The van der Waals surface area contributed by atoms with Crippen LogP contribution >= 0.6 is 0 Å². The number of amides is 4. The average Bonchev–Trinajstić information content (AvgIpc) is 1.65. The van der Waals surface area contributed by atoms with Crippen molar-refractivity contribution in [2.45, 2.75) is 88.5 Å². The second-order valence-corrected chi connectivity index (χ2v) is 24.8. The molecule has 0 saturated heterocycles. The van der Waals surface area contributed by atoms with Gasteiger partial charge in [0.05, 0.1) is 116 Å². The molecule has 12 N–H and O–H groups in total. The molecule has 0 aliphatic heterocycles. The van der Waals surface area contributed by atoms with Crippen LogP contribution in [0.1, 0.15) is 97.7 Å². The van der Waals surface area contributed by atoms with E-state index in [1.807, 2.05) is 72.3 Å². The first-order valence-corrected chi connectivity index (χ1v) is 33.4. The molecule has 0 spiro atoms. The van der Waals surface area contributed by atoms with Gasteiger partial charge in [0.15, 0.2) is 34.9 Å². The van der Waals surface area contributed by atoms with Crippen LogP contribution in [-0.2, 0) is 47.3 Å². The summed E-state index contributed by atoms with van der Waals surface area (Å²) in [4.78, 5) is 75.4. The number of aryl methyl sites for hydroxylation is 12. The first-order valence-electron chi connectivity index (χ1n) is 33.4. The Kier molecular flexibility index (Phi) is 18.9. The van der Waals surface area contributed by atoms with E-state index >= 15 is 4.39 Å². The van der Waals surface area contributed by atoms with Gasteiger partial charge in [-0.1, -0.05) is 0 Å². The van der Waals surface area contributed by atoms with Gasteiger partial charge < -0.3 is 37.3 Å². The number of aromatic amines is 4. The van der Waals surface area contributed by atoms with Crippen LogP contribution in [0.2, 0.25) is 0 Å². The number of rotatable bonds is 16. The Morgan fingerprint density at radius 1 is 0.439 bits per heavy atom. The normalized spacial score (nSPS) is 11.4. The Hall–Kier alpha value is -14.0. The third-order valence-electron chi connectivity index (χ3n) is 17.9. The van der Waals surface area contributed by atoms with E-state index in [0.717, 1.165) is 62.4 Å². The number of fused-ring (bicyclic) bond motifs is 4. The van der Waals surface area contributed by atoms with Crippen LogP contribution in [0.25, 0.3) is 130 Å². The molecule has 0 radical (unpaired) electrons. The summed E-state index contributed by atoms with van der Waals surface area (Å²) in [5.41, 5.74) is 33.6. The maximum Gasteiger partial charge on any atom is 0.251 e. The maximum atomic E-state index is 15.1. The summed E-state index contributed by atoms with van der Waals surface area (Å²) in [6.07, 6.45) is 11.6. The number of imidazole rings is 3. The van der Waals surface area contributed by atoms with Gasteiger partial charge in [0.1, 0.15) is 40.4 Å². The van der Waals surface area contributed by atoms with E-state index in [1.54, 1.807) is 119 Å². The van der Waals surface area contributed by atoms with E-state index in [2.05, 4.69) is 91.0 Å². The molecular weight excluding hydrogens is 1380 g/mol. The van der Waals surface area contributed by atoms with Gasteiger partial charge in [-0.15, -0.1) is 0 Å². The molecule has 13 heterocycles. The third kappa shape index (κ3) is 13.1. The van der Waals surface area contributed by atoms with Crippen LogP contribution in [-0.4, -0.2) is 152 Å². The number of nitrogens with one attached hydrogen (secondary N) is 4. The monoisotopic (exact) mass is 1450 g/mol. The molecule has 13 aromatic heterocycles. The lowest BCUT2D eigenvalue weighted by Gasteiger charge is -2.06. The maximum absolute atomic E-state index is 15.1. The minimum atomic E-state index is -0.868. The number of hydrogen-bond donors (Lipinski definition) is 8. The highest BCUT2D eigenvalue weighted by Crippen LogP contribution is 2.36. The fraction of sp³-hybridized carbons (Fsp3) is 0.229. The standard InChI is InChI=1S/C18H18FN7O.C18H19N7O.2C17H17FN8O/c1-4-26-16(15(19)9(2)24-26)13-8-21-18(23-13)11-5-10(17(20)27)6-14-12(11)7-22-25(14)3;1-4-25-16(5-10(2)23-25)14-9-20-18(22-14)12-6-11(17(19)26)7-15-13(12)8-21-24(15)3;1-4-26-14(13(18)8(2)24-26)17-21-16(22-23-17)11-5-10(15(19)27)7-25-9(3)20-6-12(11)25;1-4-26-12(5-8(2)24-26)16-21-17(23-22-16)13-10-7-20-25(3)11(10)6-9(14(13)18)15(19)27/h5-8H,4H2,1-3H3,(H2,20,27)(H,21,23);5-9H,4H2,1-3H3,(H2,19,26)(H,20,22);2*5-7H,4H2,1-3H3,(H2,19,27)(H,21,22,23). The lowest BCUT2D eigenvalue weighted by atomic mass is 10.0. The number of carbonyl (C=O) groups is 4. The Morgan fingerprint density at radius 2 is 0.907 bits per heavy atom. The molecule has 16 rings (SSSR count). The van der Waals surface area contributed by atoms with Crippen LogP contribution in [0.15, 0.2) is 91.9 Å².